The summed E-state index contributed by atoms with van der Waals surface area (Å²) in [5.74, 6) is 0.983. The van der Waals surface area contributed by atoms with Crippen LogP contribution in [-0.2, 0) is 13.7 Å². The van der Waals surface area contributed by atoms with Gasteiger partial charge in [0.1, 0.15) is 18.1 Å². The van der Waals surface area contributed by atoms with Crippen LogP contribution in [0.4, 0.5) is 5.69 Å². The molecule has 1 aromatic carbocycles. The number of hydrogen-bond acceptors (Lipinski definition) is 5. The number of rotatable bonds is 6. The molecule has 2 heterocycles. The lowest BCUT2D eigenvalue weighted by atomic mass is 10.1. The molecule has 0 unspecified atom stereocenters. The number of carbonyl (C=O) groups is 2. The standard InChI is InChI=1S/C19H19N3O4/c1-12-17(10-22(3)21-12)20-19(24)18-9-8-16(26-18)11-25-15-6-4-14(5-7-15)13(2)23/h4-10H,11H2,1-3H3,(H,20,24). The fourth-order valence-corrected chi connectivity index (χ4v) is 2.42. The Morgan fingerprint density at radius 1 is 1.19 bits per heavy atom. The fraction of sp³-hybridized carbons (Fsp3) is 0.211. The van der Waals surface area contributed by atoms with Gasteiger partial charge in [-0.3, -0.25) is 14.3 Å². The Balaban J connectivity index is 1.59. The first-order valence-electron chi connectivity index (χ1n) is 8.06. The highest BCUT2D eigenvalue weighted by Crippen LogP contribution is 2.17. The zero-order valence-corrected chi connectivity index (χ0v) is 14.8. The molecule has 0 atom stereocenters. The van der Waals surface area contributed by atoms with Crippen molar-refractivity contribution in [3.8, 4) is 5.75 Å². The molecule has 7 heteroatoms. The lowest BCUT2D eigenvalue weighted by Crippen LogP contribution is -2.11. The predicted octanol–water partition coefficient (Wildman–Crippen LogP) is 3.36. The van der Waals surface area contributed by atoms with Crippen LogP contribution in [-0.4, -0.2) is 21.5 Å². The van der Waals surface area contributed by atoms with E-state index in [1.54, 1.807) is 54.3 Å². The van der Waals surface area contributed by atoms with E-state index in [0.717, 1.165) is 5.69 Å². The molecule has 1 amide bonds. The van der Waals surface area contributed by atoms with Gasteiger partial charge in [-0.05, 0) is 50.2 Å². The number of furan rings is 1. The summed E-state index contributed by atoms with van der Waals surface area (Å²) in [6, 6.07) is 10.1. The van der Waals surface area contributed by atoms with E-state index in [9.17, 15) is 9.59 Å². The van der Waals surface area contributed by atoms with E-state index in [1.165, 1.54) is 6.92 Å². The Bertz CT molecular complexity index is 938. The average molecular weight is 353 g/mol. The van der Waals surface area contributed by atoms with Crippen molar-refractivity contribution in [2.75, 3.05) is 5.32 Å². The minimum atomic E-state index is -0.349. The molecule has 0 aliphatic heterocycles. The molecule has 26 heavy (non-hydrogen) atoms. The Labute approximate surface area is 150 Å². The highest BCUT2D eigenvalue weighted by Gasteiger charge is 2.14. The van der Waals surface area contributed by atoms with Crippen LogP contribution in [0.3, 0.4) is 0 Å². The van der Waals surface area contributed by atoms with Crippen molar-refractivity contribution in [3.05, 3.63) is 65.4 Å². The molecule has 0 radical (unpaired) electrons. The van der Waals surface area contributed by atoms with Crippen molar-refractivity contribution >= 4 is 17.4 Å². The Morgan fingerprint density at radius 2 is 1.92 bits per heavy atom. The van der Waals surface area contributed by atoms with Crippen LogP contribution >= 0.6 is 0 Å². The number of carbonyl (C=O) groups excluding carboxylic acids is 2. The van der Waals surface area contributed by atoms with Gasteiger partial charge < -0.3 is 14.5 Å². The van der Waals surface area contributed by atoms with Gasteiger partial charge >= 0.3 is 0 Å². The molecule has 2 aromatic heterocycles. The Morgan fingerprint density at radius 3 is 2.54 bits per heavy atom. The van der Waals surface area contributed by atoms with Crippen molar-refractivity contribution < 1.29 is 18.7 Å². The van der Waals surface area contributed by atoms with E-state index in [0.29, 0.717) is 22.8 Å². The van der Waals surface area contributed by atoms with Crippen LogP contribution in [0.15, 0.2) is 47.0 Å². The number of amides is 1. The highest BCUT2D eigenvalue weighted by molar-refractivity contribution is 6.02. The van der Waals surface area contributed by atoms with Crippen molar-refractivity contribution in [2.45, 2.75) is 20.5 Å². The summed E-state index contributed by atoms with van der Waals surface area (Å²) < 4.78 is 12.8. The number of Topliss-reactive ketones (excluding diaryl/α,β-unsaturated/α-hetero) is 1. The summed E-state index contributed by atoms with van der Waals surface area (Å²) in [6.07, 6.45) is 1.73. The van der Waals surface area contributed by atoms with Crippen molar-refractivity contribution in [3.63, 3.8) is 0 Å². The van der Waals surface area contributed by atoms with Crippen LogP contribution in [0.5, 0.6) is 5.75 Å². The SMILES string of the molecule is CC(=O)c1ccc(OCc2ccc(C(=O)Nc3cn(C)nc3C)o2)cc1. The molecule has 1 N–H and O–H groups in total. The quantitative estimate of drug-likeness (QED) is 0.687. The maximum atomic E-state index is 12.2. The molecule has 0 fully saturated rings. The minimum absolute atomic E-state index is 0.00194. The van der Waals surface area contributed by atoms with Gasteiger partial charge in [-0.1, -0.05) is 0 Å². The second-order valence-electron chi connectivity index (χ2n) is 5.89. The molecule has 134 valence electrons. The minimum Gasteiger partial charge on any atom is -0.486 e. The van der Waals surface area contributed by atoms with Crippen molar-refractivity contribution in [2.24, 2.45) is 7.05 Å². The first-order chi connectivity index (χ1) is 12.4. The van der Waals surface area contributed by atoms with Gasteiger partial charge in [-0.2, -0.15) is 5.10 Å². The maximum Gasteiger partial charge on any atom is 0.291 e. The smallest absolute Gasteiger partial charge is 0.291 e. The molecule has 0 aliphatic rings. The van der Waals surface area contributed by atoms with E-state index in [1.807, 2.05) is 6.92 Å². The van der Waals surface area contributed by atoms with E-state index >= 15 is 0 Å². The monoisotopic (exact) mass is 353 g/mol. The second-order valence-corrected chi connectivity index (χ2v) is 5.89. The number of ketones is 1. The molecule has 0 aliphatic carbocycles. The molecule has 0 saturated carbocycles. The molecule has 3 aromatic rings. The fourth-order valence-electron chi connectivity index (χ4n) is 2.42. The van der Waals surface area contributed by atoms with E-state index < -0.39 is 0 Å². The van der Waals surface area contributed by atoms with Crippen LogP contribution in [0.1, 0.15) is 39.3 Å². The topological polar surface area (TPSA) is 86.4 Å². The Hall–Kier alpha value is -3.35. The number of nitrogens with zero attached hydrogens (tertiary/aromatic N) is 2. The predicted molar refractivity (Wildman–Crippen MR) is 95.4 cm³/mol. The molecular weight excluding hydrogens is 334 g/mol. The van der Waals surface area contributed by atoms with Gasteiger partial charge in [0.15, 0.2) is 11.5 Å². The third-order valence-electron chi connectivity index (χ3n) is 3.79. The first-order valence-corrected chi connectivity index (χ1v) is 8.06. The number of nitrogens with one attached hydrogen (secondary N) is 1. The van der Waals surface area contributed by atoms with Crippen LogP contribution in [0.2, 0.25) is 0 Å². The van der Waals surface area contributed by atoms with Gasteiger partial charge in [0.05, 0.1) is 11.4 Å². The van der Waals surface area contributed by atoms with E-state index in [2.05, 4.69) is 10.4 Å². The van der Waals surface area contributed by atoms with Gasteiger partial charge in [0.25, 0.3) is 5.91 Å². The van der Waals surface area contributed by atoms with Crippen LogP contribution in [0, 0.1) is 6.92 Å². The number of benzene rings is 1. The number of anilines is 1. The number of ether oxygens (including phenoxy) is 1. The van der Waals surface area contributed by atoms with Gasteiger partial charge in [-0.25, -0.2) is 0 Å². The van der Waals surface area contributed by atoms with Crippen molar-refractivity contribution in [1.82, 2.24) is 9.78 Å². The average Bonchev–Trinajstić information content (AvgIpc) is 3.20. The normalized spacial score (nSPS) is 10.6. The molecule has 7 nitrogen and oxygen atoms in total. The van der Waals surface area contributed by atoms with Crippen LogP contribution in [0.25, 0.3) is 0 Å². The van der Waals surface area contributed by atoms with E-state index in [4.69, 9.17) is 9.15 Å². The summed E-state index contributed by atoms with van der Waals surface area (Å²) in [4.78, 5) is 23.5. The van der Waals surface area contributed by atoms with Crippen LogP contribution < -0.4 is 10.1 Å². The summed E-state index contributed by atoms with van der Waals surface area (Å²) in [5, 5.41) is 6.94. The summed E-state index contributed by atoms with van der Waals surface area (Å²) in [7, 11) is 1.79. The first kappa shape index (κ1) is 17.5. The zero-order valence-electron chi connectivity index (χ0n) is 14.8. The molecule has 0 spiro atoms. The lowest BCUT2D eigenvalue weighted by Gasteiger charge is -2.05. The second kappa shape index (κ2) is 7.26. The van der Waals surface area contributed by atoms with Gasteiger partial charge in [0.2, 0.25) is 0 Å². The highest BCUT2D eigenvalue weighted by atomic mass is 16.5. The molecular formula is C19H19N3O4. The summed E-state index contributed by atoms with van der Waals surface area (Å²) in [6.45, 7) is 3.51. The summed E-state index contributed by atoms with van der Waals surface area (Å²) in [5.41, 5.74) is 1.99. The number of hydrogen-bond donors (Lipinski definition) is 1. The third kappa shape index (κ3) is 4.00. The van der Waals surface area contributed by atoms with Gasteiger partial charge in [0, 0.05) is 18.8 Å². The Kier molecular flexibility index (Phi) is 4.88. The zero-order chi connectivity index (χ0) is 18.7. The number of aryl methyl sites for hydroxylation is 2. The number of aromatic nitrogens is 2. The molecule has 0 saturated heterocycles. The molecule has 0 bridgehead atoms. The maximum absolute atomic E-state index is 12.2. The van der Waals surface area contributed by atoms with E-state index in [-0.39, 0.29) is 24.1 Å². The van der Waals surface area contributed by atoms with Crippen molar-refractivity contribution in [1.29, 1.82) is 0 Å². The van der Waals surface area contributed by atoms with Gasteiger partial charge in [-0.15, -0.1) is 0 Å². The lowest BCUT2D eigenvalue weighted by molar-refractivity contribution is 0.0990. The summed E-state index contributed by atoms with van der Waals surface area (Å²) >= 11 is 0. The molecule has 3 rings (SSSR count). The third-order valence-corrected chi connectivity index (χ3v) is 3.79. The largest absolute Gasteiger partial charge is 0.486 e.